The molecule has 0 fully saturated rings. The van der Waals surface area contributed by atoms with E-state index in [1.165, 1.54) is 0 Å². The third kappa shape index (κ3) is 0.844. The molecule has 0 aliphatic rings. The number of thiophene rings is 1. The summed E-state index contributed by atoms with van der Waals surface area (Å²) >= 11 is 1.56. The smallest absolute Gasteiger partial charge is 0.0992 e. The zero-order valence-electron chi connectivity index (χ0n) is 5.19. The van der Waals surface area contributed by atoms with Gasteiger partial charge < -0.3 is 4.57 Å². The van der Waals surface area contributed by atoms with E-state index in [-0.39, 0.29) is 0 Å². The monoisotopic (exact) mass is 149 g/mol. The van der Waals surface area contributed by atoms with E-state index in [1.54, 1.807) is 23.9 Å². The summed E-state index contributed by atoms with van der Waals surface area (Å²) in [6.45, 7) is 0. The van der Waals surface area contributed by atoms with E-state index in [4.69, 9.17) is 0 Å². The highest BCUT2D eigenvalue weighted by Gasteiger charge is 1.92. The first kappa shape index (κ1) is 5.68. The summed E-state index contributed by atoms with van der Waals surface area (Å²) in [5.74, 6) is 0. The van der Waals surface area contributed by atoms with Crippen LogP contribution in [-0.4, -0.2) is 9.55 Å². The number of nitrogens with zero attached hydrogens (tertiary/aromatic N) is 2. The predicted molar refractivity (Wildman–Crippen MR) is 40.3 cm³/mol. The molecule has 2 heterocycles. The van der Waals surface area contributed by atoms with Crippen molar-refractivity contribution in [1.82, 2.24) is 9.55 Å². The molecule has 49 valence electrons. The predicted octanol–water partition coefficient (Wildman–Crippen LogP) is 1.73. The molecular formula is C7H5N2S. The highest BCUT2D eigenvalue weighted by atomic mass is 32.1. The van der Waals surface area contributed by atoms with Crippen LogP contribution in [0.5, 0.6) is 0 Å². The molecule has 0 amide bonds. The topological polar surface area (TPSA) is 17.8 Å². The highest BCUT2D eigenvalue weighted by molar-refractivity contribution is 7.07. The van der Waals surface area contributed by atoms with Gasteiger partial charge in [-0.3, -0.25) is 0 Å². The van der Waals surface area contributed by atoms with Crippen LogP contribution >= 0.6 is 11.3 Å². The molecule has 0 bridgehead atoms. The maximum Gasteiger partial charge on any atom is 0.0992 e. The first-order valence-corrected chi connectivity index (χ1v) is 3.78. The van der Waals surface area contributed by atoms with Gasteiger partial charge in [0.15, 0.2) is 0 Å². The highest BCUT2D eigenvalue weighted by Crippen LogP contribution is 2.09. The molecule has 2 aromatic rings. The summed E-state index contributed by atoms with van der Waals surface area (Å²) < 4.78 is 1.93. The Labute approximate surface area is 62.8 Å². The van der Waals surface area contributed by atoms with Crippen molar-refractivity contribution in [3.05, 3.63) is 35.5 Å². The summed E-state index contributed by atoms with van der Waals surface area (Å²) in [4.78, 5) is 3.93. The first-order valence-electron chi connectivity index (χ1n) is 2.90. The minimum Gasteiger partial charge on any atom is -0.305 e. The van der Waals surface area contributed by atoms with Crippen molar-refractivity contribution >= 4 is 11.3 Å². The molecule has 0 saturated heterocycles. The molecule has 3 heteroatoms. The molecule has 10 heavy (non-hydrogen) atoms. The minimum atomic E-state index is 1.06. The Morgan fingerprint density at radius 1 is 1.60 bits per heavy atom. The fraction of sp³-hybridized carbons (Fsp3) is 0. The second kappa shape index (κ2) is 2.27. The molecule has 0 saturated carbocycles. The lowest BCUT2D eigenvalue weighted by molar-refractivity contribution is 1.06. The minimum absolute atomic E-state index is 1.06. The fourth-order valence-electron chi connectivity index (χ4n) is 0.767. The van der Waals surface area contributed by atoms with E-state index in [9.17, 15) is 0 Å². The fourth-order valence-corrected chi connectivity index (χ4v) is 1.33. The van der Waals surface area contributed by atoms with Gasteiger partial charge in [-0.15, -0.1) is 11.3 Å². The molecule has 1 radical (unpaired) electrons. The Morgan fingerprint density at radius 2 is 2.60 bits per heavy atom. The number of rotatable bonds is 1. The Bertz CT molecular complexity index is 251. The zero-order chi connectivity index (χ0) is 6.81. The van der Waals surface area contributed by atoms with Gasteiger partial charge in [-0.2, -0.15) is 0 Å². The van der Waals surface area contributed by atoms with Crippen LogP contribution in [-0.2, 0) is 0 Å². The van der Waals surface area contributed by atoms with Gasteiger partial charge >= 0.3 is 0 Å². The maximum atomic E-state index is 3.93. The van der Waals surface area contributed by atoms with Crippen LogP contribution in [0.2, 0.25) is 0 Å². The van der Waals surface area contributed by atoms with Gasteiger partial charge in [0.25, 0.3) is 0 Å². The number of aromatic nitrogens is 2. The number of hydrogen-bond acceptors (Lipinski definition) is 2. The largest absolute Gasteiger partial charge is 0.305 e. The van der Waals surface area contributed by atoms with Crippen molar-refractivity contribution in [3.8, 4) is 5.69 Å². The van der Waals surface area contributed by atoms with E-state index in [2.05, 4.69) is 10.4 Å². The number of hydrogen-bond donors (Lipinski definition) is 0. The quantitative estimate of drug-likeness (QED) is 0.603. The van der Waals surface area contributed by atoms with Gasteiger partial charge in [-0.1, -0.05) is 0 Å². The van der Waals surface area contributed by atoms with E-state index < -0.39 is 0 Å². The molecule has 0 spiro atoms. The van der Waals surface area contributed by atoms with Crippen molar-refractivity contribution in [2.45, 2.75) is 0 Å². The molecule has 0 aromatic carbocycles. The Morgan fingerprint density at radius 3 is 3.20 bits per heavy atom. The van der Waals surface area contributed by atoms with Gasteiger partial charge in [0.1, 0.15) is 0 Å². The zero-order valence-corrected chi connectivity index (χ0v) is 6.01. The molecule has 0 N–H and O–H groups in total. The summed E-state index contributed by atoms with van der Waals surface area (Å²) in [5, 5.41) is 5.10. The van der Waals surface area contributed by atoms with E-state index in [0.29, 0.717) is 0 Å². The van der Waals surface area contributed by atoms with Crippen LogP contribution in [0.3, 0.4) is 0 Å². The van der Waals surface area contributed by atoms with Crippen molar-refractivity contribution in [2.75, 3.05) is 0 Å². The van der Waals surface area contributed by atoms with Crippen LogP contribution in [0, 0.1) is 5.38 Å². The summed E-state index contributed by atoms with van der Waals surface area (Å²) in [6, 6.07) is 2.01. The van der Waals surface area contributed by atoms with Gasteiger partial charge in [-0.25, -0.2) is 4.98 Å². The SMILES string of the molecule is [c]1sccc1-n1ccnc1. The van der Waals surface area contributed by atoms with Crippen LogP contribution < -0.4 is 0 Å². The average Bonchev–Trinajstić information content (AvgIpc) is 2.59. The van der Waals surface area contributed by atoms with Crippen LogP contribution in [0.15, 0.2) is 30.2 Å². The van der Waals surface area contributed by atoms with Crippen molar-refractivity contribution in [2.24, 2.45) is 0 Å². The van der Waals surface area contributed by atoms with Crippen molar-refractivity contribution in [3.63, 3.8) is 0 Å². The van der Waals surface area contributed by atoms with Crippen LogP contribution in [0.1, 0.15) is 0 Å². The molecule has 2 aromatic heterocycles. The third-order valence-electron chi connectivity index (χ3n) is 1.24. The van der Waals surface area contributed by atoms with Gasteiger partial charge in [0.2, 0.25) is 0 Å². The Kier molecular flexibility index (Phi) is 1.29. The molecule has 0 atom stereocenters. The van der Waals surface area contributed by atoms with E-state index in [0.717, 1.165) is 5.69 Å². The molecule has 0 aliphatic carbocycles. The van der Waals surface area contributed by atoms with Crippen molar-refractivity contribution in [1.29, 1.82) is 0 Å². The normalized spacial score (nSPS) is 10.0. The summed E-state index contributed by atoms with van der Waals surface area (Å²) in [5.41, 5.74) is 1.06. The Balaban J connectivity index is 2.48. The lowest BCUT2D eigenvalue weighted by Gasteiger charge is -1.92. The van der Waals surface area contributed by atoms with Gasteiger partial charge in [-0.05, 0) is 11.4 Å². The average molecular weight is 149 g/mol. The first-order chi connectivity index (χ1) is 4.97. The number of imidazole rings is 1. The second-order valence-corrected chi connectivity index (χ2v) is 2.59. The van der Waals surface area contributed by atoms with E-state index in [1.807, 2.05) is 22.2 Å². The van der Waals surface area contributed by atoms with Gasteiger partial charge in [0.05, 0.1) is 17.4 Å². The lowest BCUT2D eigenvalue weighted by atomic mass is 10.5. The summed E-state index contributed by atoms with van der Waals surface area (Å²) in [7, 11) is 0. The molecular weight excluding hydrogens is 144 g/mol. The molecule has 0 unspecified atom stereocenters. The molecule has 2 rings (SSSR count). The second-order valence-electron chi connectivity index (χ2n) is 1.88. The van der Waals surface area contributed by atoms with Crippen LogP contribution in [0.4, 0.5) is 0 Å². The molecule has 0 aliphatic heterocycles. The Hall–Kier alpha value is -1.09. The van der Waals surface area contributed by atoms with Gasteiger partial charge in [0, 0.05) is 12.4 Å². The summed E-state index contributed by atoms with van der Waals surface area (Å²) in [6.07, 6.45) is 5.42. The third-order valence-corrected chi connectivity index (χ3v) is 1.84. The molecule has 2 nitrogen and oxygen atoms in total. The standard InChI is InChI=1S/C7H5N2S/c1-4-10-5-7(1)9-3-2-8-6-9/h1-4,6H. The van der Waals surface area contributed by atoms with Crippen molar-refractivity contribution < 1.29 is 0 Å². The lowest BCUT2D eigenvalue weighted by Crippen LogP contribution is -1.84. The maximum absolute atomic E-state index is 3.93. The van der Waals surface area contributed by atoms with E-state index >= 15 is 0 Å². The van der Waals surface area contributed by atoms with Crippen LogP contribution in [0.25, 0.3) is 5.69 Å².